The number of halogens is 3. The van der Waals surface area contributed by atoms with Crippen molar-refractivity contribution >= 4 is 34.1 Å². The molecule has 26 heavy (non-hydrogen) atoms. The Morgan fingerprint density at radius 2 is 2.08 bits per heavy atom. The predicted molar refractivity (Wildman–Crippen MR) is 94.6 cm³/mol. The Labute approximate surface area is 156 Å². The molecule has 0 fully saturated rings. The van der Waals surface area contributed by atoms with E-state index in [4.69, 9.17) is 4.74 Å². The Kier molecular flexibility index (Phi) is 7.09. The highest BCUT2D eigenvalue weighted by atomic mass is 32.2. The highest BCUT2D eigenvalue weighted by Crippen LogP contribution is 2.27. The summed E-state index contributed by atoms with van der Waals surface area (Å²) in [6.07, 6.45) is -4.32. The number of hydrogen-bond donors (Lipinski definition) is 1. The molecule has 0 atom stereocenters. The molecule has 1 aromatic carbocycles. The number of methoxy groups -OCH3 is 1. The molecule has 1 N–H and O–H groups in total. The minimum atomic E-state index is -4.32. The summed E-state index contributed by atoms with van der Waals surface area (Å²) in [5, 5.41) is 9.63. The van der Waals surface area contributed by atoms with Crippen LogP contribution in [0.3, 0.4) is 0 Å². The number of ether oxygens (including phenoxy) is 1. The molecule has 2 rings (SSSR count). The molecular weight excluding hydrogens is 389 g/mol. The van der Waals surface area contributed by atoms with E-state index in [9.17, 15) is 18.0 Å². The SMILES string of the molecule is COc1ccccc1CN(C)C(=O)CSc1nnc(NCC(F)(F)F)s1. The zero-order valence-electron chi connectivity index (χ0n) is 14.0. The van der Waals surface area contributed by atoms with Gasteiger partial charge in [0.1, 0.15) is 12.3 Å². The monoisotopic (exact) mass is 406 g/mol. The fraction of sp³-hybridized carbons (Fsp3) is 0.400. The van der Waals surface area contributed by atoms with Gasteiger partial charge in [-0.1, -0.05) is 41.3 Å². The highest BCUT2D eigenvalue weighted by Gasteiger charge is 2.27. The van der Waals surface area contributed by atoms with Crippen LogP contribution in [0.25, 0.3) is 0 Å². The van der Waals surface area contributed by atoms with Gasteiger partial charge in [0.15, 0.2) is 4.34 Å². The second-order valence-corrected chi connectivity index (χ2v) is 7.39. The number of benzene rings is 1. The van der Waals surface area contributed by atoms with Crippen molar-refractivity contribution in [3.8, 4) is 5.75 Å². The number of alkyl halides is 3. The first kappa shape index (κ1) is 20.3. The summed E-state index contributed by atoms with van der Waals surface area (Å²) in [5.74, 6) is 0.671. The smallest absolute Gasteiger partial charge is 0.405 e. The van der Waals surface area contributed by atoms with E-state index in [-0.39, 0.29) is 16.8 Å². The normalized spacial score (nSPS) is 11.3. The van der Waals surface area contributed by atoms with E-state index in [2.05, 4.69) is 15.5 Å². The van der Waals surface area contributed by atoms with Gasteiger partial charge in [-0.15, -0.1) is 10.2 Å². The third-order valence-corrected chi connectivity index (χ3v) is 5.19. The fourth-order valence-electron chi connectivity index (χ4n) is 1.93. The van der Waals surface area contributed by atoms with Crippen LogP contribution in [0, 0.1) is 0 Å². The Morgan fingerprint density at radius 3 is 2.77 bits per heavy atom. The van der Waals surface area contributed by atoms with Gasteiger partial charge in [0, 0.05) is 19.2 Å². The van der Waals surface area contributed by atoms with Crippen molar-refractivity contribution < 1.29 is 22.7 Å². The number of rotatable bonds is 8. The molecular formula is C15H17F3N4O2S2. The summed E-state index contributed by atoms with van der Waals surface area (Å²) in [6.45, 7) is -0.787. The second-order valence-electron chi connectivity index (χ2n) is 5.19. The molecule has 142 valence electrons. The van der Waals surface area contributed by atoms with E-state index < -0.39 is 12.7 Å². The summed E-state index contributed by atoms with van der Waals surface area (Å²) in [5.41, 5.74) is 0.880. The number of aromatic nitrogens is 2. The lowest BCUT2D eigenvalue weighted by atomic mass is 10.2. The lowest BCUT2D eigenvalue weighted by Gasteiger charge is -2.18. The topological polar surface area (TPSA) is 67.3 Å². The van der Waals surface area contributed by atoms with Crippen LogP contribution < -0.4 is 10.1 Å². The first-order valence-corrected chi connectivity index (χ1v) is 9.21. The number of carbonyl (C=O) groups excluding carboxylic acids is 1. The Hall–Kier alpha value is -2.01. The van der Waals surface area contributed by atoms with E-state index in [0.717, 1.165) is 28.7 Å². The molecule has 1 heterocycles. The van der Waals surface area contributed by atoms with Crippen molar-refractivity contribution in [3.63, 3.8) is 0 Å². The molecule has 0 aliphatic rings. The molecule has 6 nitrogen and oxygen atoms in total. The number of carbonyl (C=O) groups is 1. The number of para-hydroxylation sites is 1. The minimum absolute atomic E-state index is 0.0691. The van der Waals surface area contributed by atoms with Crippen molar-refractivity contribution in [2.45, 2.75) is 17.1 Å². The van der Waals surface area contributed by atoms with E-state index in [0.29, 0.717) is 16.6 Å². The molecule has 1 aromatic heterocycles. The summed E-state index contributed by atoms with van der Waals surface area (Å²) >= 11 is 2.11. The number of nitrogens with one attached hydrogen (secondary N) is 1. The summed E-state index contributed by atoms with van der Waals surface area (Å²) in [4.78, 5) is 13.8. The maximum atomic E-state index is 12.2. The molecule has 0 saturated carbocycles. The summed E-state index contributed by atoms with van der Waals surface area (Å²) < 4.78 is 42.1. The summed E-state index contributed by atoms with van der Waals surface area (Å²) in [7, 11) is 3.24. The fourth-order valence-corrected chi connectivity index (χ4v) is 3.61. The third kappa shape index (κ3) is 6.37. The zero-order chi connectivity index (χ0) is 19.2. The lowest BCUT2D eigenvalue weighted by Crippen LogP contribution is -2.27. The lowest BCUT2D eigenvalue weighted by molar-refractivity contribution is -0.127. The first-order chi connectivity index (χ1) is 12.3. The molecule has 0 aliphatic heterocycles. The Morgan fingerprint density at radius 1 is 1.35 bits per heavy atom. The quantitative estimate of drug-likeness (QED) is 0.679. The van der Waals surface area contributed by atoms with Gasteiger partial charge >= 0.3 is 6.18 Å². The Bertz CT molecular complexity index is 740. The highest BCUT2D eigenvalue weighted by molar-refractivity contribution is 8.01. The van der Waals surface area contributed by atoms with Crippen LogP contribution in [0.4, 0.5) is 18.3 Å². The average molecular weight is 406 g/mol. The Balaban J connectivity index is 1.83. The van der Waals surface area contributed by atoms with Crippen LogP contribution in [-0.4, -0.2) is 53.6 Å². The van der Waals surface area contributed by atoms with Gasteiger partial charge in [-0.05, 0) is 6.07 Å². The number of amides is 1. The first-order valence-electron chi connectivity index (χ1n) is 7.41. The summed E-state index contributed by atoms with van der Waals surface area (Å²) in [6, 6.07) is 7.40. The van der Waals surface area contributed by atoms with Gasteiger partial charge in [-0.3, -0.25) is 4.79 Å². The zero-order valence-corrected chi connectivity index (χ0v) is 15.7. The van der Waals surface area contributed by atoms with Gasteiger partial charge < -0.3 is 15.0 Å². The number of nitrogens with zero attached hydrogens (tertiary/aromatic N) is 3. The maximum Gasteiger partial charge on any atom is 0.405 e. The molecule has 0 aliphatic carbocycles. The standard InChI is InChI=1S/C15H17F3N4O2S2/c1-22(7-10-5-3-4-6-11(10)24-2)12(23)8-25-14-21-20-13(26-14)19-9-15(16,17)18/h3-6H,7-9H2,1-2H3,(H,19,20). The van der Waals surface area contributed by atoms with Crippen molar-refractivity contribution in [2.24, 2.45) is 0 Å². The van der Waals surface area contributed by atoms with Gasteiger partial charge in [-0.2, -0.15) is 13.2 Å². The largest absolute Gasteiger partial charge is 0.496 e. The van der Waals surface area contributed by atoms with E-state index in [1.807, 2.05) is 24.3 Å². The van der Waals surface area contributed by atoms with Gasteiger partial charge in [0.05, 0.1) is 12.9 Å². The van der Waals surface area contributed by atoms with Crippen LogP contribution in [0.15, 0.2) is 28.6 Å². The molecule has 0 bridgehead atoms. The van der Waals surface area contributed by atoms with Crippen LogP contribution in [0.1, 0.15) is 5.56 Å². The molecule has 0 radical (unpaired) electrons. The predicted octanol–water partition coefficient (Wildman–Crippen LogP) is 3.27. The van der Waals surface area contributed by atoms with Crippen molar-refractivity contribution in [1.82, 2.24) is 15.1 Å². The van der Waals surface area contributed by atoms with Crippen molar-refractivity contribution in [2.75, 3.05) is 31.8 Å². The average Bonchev–Trinajstić information content (AvgIpc) is 3.05. The van der Waals surface area contributed by atoms with Crippen molar-refractivity contribution in [3.05, 3.63) is 29.8 Å². The van der Waals surface area contributed by atoms with Crippen LogP contribution in [0.2, 0.25) is 0 Å². The van der Waals surface area contributed by atoms with E-state index in [1.54, 1.807) is 19.1 Å². The van der Waals surface area contributed by atoms with E-state index in [1.165, 1.54) is 0 Å². The third-order valence-electron chi connectivity index (χ3n) is 3.19. The van der Waals surface area contributed by atoms with Crippen LogP contribution in [0.5, 0.6) is 5.75 Å². The second kappa shape index (κ2) is 9.08. The van der Waals surface area contributed by atoms with Crippen molar-refractivity contribution in [1.29, 1.82) is 0 Å². The van der Waals surface area contributed by atoms with Crippen LogP contribution in [-0.2, 0) is 11.3 Å². The number of anilines is 1. The molecule has 1 amide bonds. The molecule has 2 aromatic rings. The molecule has 11 heteroatoms. The minimum Gasteiger partial charge on any atom is -0.496 e. The van der Waals surface area contributed by atoms with Crippen LogP contribution >= 0.6 is 23.1 Å². The number of hydrogen-bond acceptors (Lipinski definition) is 7. The van der Waals surface area contributed by atoms with Gasteiger partial charge in [0.25, 0.3) is 0 Å². The molecule has 0 saturated heterocycles. The molecule has 0 spiro atoms. The van der Waals surface area contributed by atoms with E-state index >= 15 is 0 Å². The maximum absolute atomic E-state index is 12.2. The number of thioether (sulfide) groups is 1. The molecule has 0 unspecified atom stereocenters. The van der Waals surface area contributed by atoms with Gasteiger partial charge in [-0.25, -0.2) is 0 Å². The van der Waals surface area contributed by atoms with Gasteiger partial charge in [0.2, 0.25) is 11.0 Å².